The second-order valence-electron chi connectivity index (χ2n) is 3.95. The fourth-order valence-corrected chi connectivity index (χ4v) is 4.64. The Balaban J connectivity index is 3.27. The van der Waals surface area contributed by atoms with Gasteiger partial charge in [0.05, 0.1) is 12.6 Å². The Bertz CT molecular complexity index is 539. The van der Waals surface area contributed by atoms with Gasteiger partial charge in [-0.3, -0.25) is 0 Å². The summed E-state index contributed by atoms with van der Waals surface area (Å²) in [6, 6.07) is -0.136. The Morgan fingerprint density at radius 1 is 1.53 bits per heavy atom. The van der Waals surface area contributed by atoms with E-state index in [-0.39, 0.29) is 15.9 Å². The van der Waals surface area contributed by atoms with Gasteiger partial charge in [-0.1, -0.05) is 13.8 Å². The Kier molecular flexibility index (Phi) is 5.45. The lowest BCUT2D eigenvalue weighted by molar-refractivity contribution is 0.0590. The van der Waals surface area contributed by atoms with Crippen molar-refractivity contribution in [2.45, 2.75) is 37.4 Å². The highest BCUT2D eigenvalue weighted by Gasteiger charge is 2.33. The fraction of sp³-hybridized carbons (Fsp3) is 0.636. The summed E-state index contributed by atoms with van der Waals surface area (Å²) in [6.45, 7) is 5.86. The van der Waals surface area contributed by atoms with Crippen molar-refractivity contribution in [3.63, 3.8) is 0 Å². The molecule has 1 rings (SSSR count). The van der Waals surface area contributed by atoms with Crippen LogP contribution in [0.1, 0.15) is 37.7 Å². The molecule has 19 heavy (non-hydrogen) atoms. The molecule has 0 aliphatic rings. The van der Waals surface area contributed by atoms with Crippen molar-refractivity contribution < 1.29 is 17.9 Å². The number of nitrogens with zero attached hydrogens (tertiary/aromatic N) is 2. The molecule has 0 aliphatic heterocycles. The molecule has 0 N–H and O–H groups in total. The second-order valence-corrected chi connectivity index (χ2v) is 6.89. The van der Waals surface area contributed by atoms with Crippen LogP contribution in [0.4, 0.5) is 0 Å². The van der Waals surface area contributed by atoms with Gasteiger partial charge in [0.15, 0.2) is 9.90 Å². The number of sulfonamides is 1. The minimum absolute atomic E-state index is 0.0542. The molecule has 0 saturated carbocycles. The number of aromatic nitrogens is 1. The Morgan fingerprint density at radius 2 is 2.16 bits per heavy atom. The van der Waals surface area contributed by atoms with E-state index in [2.05, 4.69) is 9.72 Å². The maximum absolute atomic E-state index is 12.6. The Labute approximate surface area is 117 Å². The van der Waals surface area contributed by atoms with Crippen molar-refractivity contribution >= 4 is 27.3 Å². The van der Waals surface area contributed by atoms with Crippen molar-refractivity contribution in [1.82, 2.24) is 9.29 Å². The number of hydrogen-bond donors (Lipinski definition) is 0. The summed E-state index contributed by atoms with van der Waals surface area (Å²) in [5.41, 5.74) is 1.19. The molecule has 6 nitrogen and oxygen atoms in total. The zero-order valence-electron chi connectivity index (χ0n) is 11.4. The lowest BCUT2D eigenvalue weighted by atomic mass is 10.3. The largest absolute Gasteiger partial charge is 0.464 e. The van der Waals surface area contributed by atoms with Crippen molar-refractivity contribution in [3.8, 4) is 0 Å². The van der Waals surface area contributed by atoms with E-state index in [1.54, 1.807) is 6.92 Å². The predicted molar refractivity (Wildman–Crippen MR) is 72.8 cm³/mol. The van der Waals surface area contributed by atoms with E-state index < -0.39 is 16.0 Å². The molecule has 0 bridgehead atoms. The van der Waals surface area contributed by atoms with Gasteiger partial charge >= 0.3 is 5.97 Å². The van der Waals surface area contributed by atoms with Gasteiger partial charge in [-0.2, -0.15) is 4.31 Å². The van der Waals surface area contributed by atoms with Crippen molar-refractivity contribution in [2.24, 2.45) is 0 Å². The highest BCUT2D eigenvalue weighted by atomic mass is 32.2. The van der Waals surface area contributed by atoms with Crippen molar-refractivity contribution in [1.29, 1.82) is 0 Å². The molecular weight excluding hydrogens is 288 g/mol. The van der Waals surface area contributed by atoms with Crippen LogP contribution in [0.25, 0.3) is 0 Å². The minimum Gasteiger partial charge on any atom is -0.464 e. The van der Waals surface area contributed by atoms with Gasteiger partial charge < -0.3 is 4.74 Å². The first-order chi connectivity index (χ1) is 8.89. The van der Waals surface area contributed by atoms with E-state index in [1.807, 2.05) is 13.8 Å². The number of carbonyl (C=O) groups is 1. The number of carbonyl (C=O) groups excluding carboxylic acids is 1. The van der Waals surface area contributed by atoms with E-state index in [1.165, 1.54) is 16.9 Å². The van der Waals surface area contributed by atoms with Gasteiger partial charge in [-0.15, -0.1) is 11.3 Å². The first-order valence-corrected chi connectivity index (χ1v) is 8.25. The molecule has 1 atom stereocenters. The summed E-state index contributed by atoms with van der Waals surface area (Å²) in [6.07, 6.45) is 0.694. The quantitative estimate of drug-likeness (QED) is 0.748. The topological polar surface area (TPSA) is 76.6 Å². The molecule has 8 heteroatoms. The normalized spacial score (nSPS) is 13.5. The van der Waals surface area contributed by atoms with Crippen LogP contribution < -0.4 is 0 Å². The van der Waals surface area contributed by atoms with Crippen molar-refractivity contribution in [3.05, 3.63) is 11.2 Å². The number of methoxy groups -OCH3 is 1. The average molecular weight is 306 g/mol. The van der Waals surface area contributed by atoms with Crippen LogP contribution in [-0.4, -0.2) is 43.4 Å². The maximum Gasteiger partial charge on any atom is 0.358 e. The van der Waals surface area contributed by atoms with Gasteiger partial charge in [0.2, 0.25) is 0 Å². The minimum atomic E-state index is -3.72. The fourth-order valence-electron chi connectivity index (χ4n) is 1.68. The third-order valence-corrected chi connectivity index (χ3v) is 6.29. The van der Waals surface area contributed by atoms with Crippen LogP contribution >= 0.6 is 11.3 Å². The molecule has 1 unspecified atom stereocenters. The smallest absolute Gasteiger partial charge is 0.358 e. The van der Waals surface area contributed by atoms with E-state index in [0.717, 1.165) is 11.3 Å². The third-order valence-electron chi connectivity index (χ3n) is 2.85. The Hall–Kier alpha value is -0.990. The van der Waals surface area contributed by atoms with Crippen LogP contribution in [0.3, 0.4) is 0 Å². The lowest BCUT2D eigenvalue weighted by Gasteiger charge is -2.25. The molecule has 1 aromatic heterocycles. The summed E-state index contributed by atoms with van der Waals surface area (Å²) in [7, 11) is -2.52. The number of esters is 1. The number of rotatable bonds is 6. The molecule has 108 valence electrons. The second kappa shape index (κ2) is 6.44. The van der Waals surface area contributed by atoms with Gasteiger partial charge in [0.25, 0.3) is 10.0 Å². The molecule has 0 spiro atoms. The van der Waals surface area contributed by atoms with Crippen LogP contribution in [0.2, 0.25) is 0 Å². The molecule has 0 radical (unpaired) electrons. The van der Waals surface area contributed by atoms with Crippen LogP contribution in [0.5, 0.6) is 0 Å². The van der Waals surface area contributed by atoms with Crippen LogP contribution in [0, 0.1) is 0 Å². The van der Waals surface area contributed by atoms with Crippen LogP contribution in [0.15, 0.2) is 9.72 Å². The molecular formula is C11H18N2O4S2. The van der Waals surface area contributed by atoms with E-state index in [0.29, 0.717) is 13.0 Å². The molecule has 0 fully saturated rings. The van der Waals surface area contributed by atoms with Gasteiger partial charge in [-0.25, -0.2) is 18.2 Å². The summed E-state index contributed by atoms with van der Waals surface area (Å²) < 4.78 is 31.0. The third kappa shape index (κ3) is 3.13. The molecule has 0 aliphatic carbocycles. The summed E-state index contributed by atoms with van der Waals surface area (Å²) >= 11 is 0.930. The van der Waals surface area contributed by atoms with E-state index >= 15 is 0 Å². The summed E-state index contributed by atoms with van der Waals surface area (Å²) in [5, 5.41) is 0. The summed E-state index contributed by atoms with van der Waals surface area (Å²) in [5.74, 6) is -0.736. The number of thiazole rings is 1. The molecule has 0 amide bonds. The first-order valence-electron chi connectivity index (χ1n) is 5.93. The highest BCUT2D eigenvalue weighted by Crippen LogP contribution is 2.26. The predicted octanol–water partition coefficient (Wildman–Crippen LogP) is 1.74. The monoisotopic (exact) mass is 306 g/mol. The SMILES string of the molecule is CCC(C)N(CC)S(=O)(=O)c1scnc1C(=O)OC. The molecule has 1 heterocycles. The molecule has 0 aromatic carbocycles. The average Bonchev–Trinajstić information content (AvgIpc) is 2.87. The van der Waals surface area contributed by atoms with Gasteiger partial charge in [-0.05, 0) is 13.3 Å². The van der Waals surface area contributed by atoms with Gasteiger partial charge in [0, 0.05) is 12.6 Å². The first kappa shape index (κ1) is 16.1. The number of hydrogen-bond acceptors (Lipinski definition) is 6. The molecule has 0 saturated heterocycles. The Morgan fingerprint density at radius 3 is 2.63 bits per heavy atom. The highest BCUT2D eigenvalue weighted by molar-refractivity contribution is 7.91. The van der Waals surface area contributed by atoms with Gasteiger partial charge in [0.1, 0.15) is 0 Å². The zero-order chi connectivity index (χ0) is 14.6. The molecule has 1 aromatic rings. The summed E-state index contributed by atoms with van der Waals surface area (Å²) in [4.78, 5) is 15.3. The van der Waals surface area contributed by atoms with E-state index in [9.17, 15) is 13.2 Å². The maximum atomic E-state index is 12.6. The van der Waals surface area contributed by atoms with E-state index in [4.69, 9.17) is 0 Å². The zero-order valence-corrected chi connectivity index (χ0v) is 13.0. The van der Waals surface area contributed by atoms with Crippen LogP contribution in [-0.2, 0) is 14.8 Å². The lowest BCUT2D eigenvalue weighted by Crippen LogP contribution is -2.38. The number of ether oxygens (including phenoxy) is 1. The standard InChI is InChI=1S/C11H18N2O4S2/c1-5-8(3)13(6-2)19(15,16)11-9(10(14)17-4)12-7-18-11/h7-8H,5-6H2,1-4H3. The van der Waals surface area contributed by atoms with Crippen molar-refractivity contribution in [2.75, 3.05) is 13.7 Å².